The van der Waals surface area contributed by atoms with E-state index in [4.69, 9.17) is 4.52 Å². The first kappa shape index (κ1) is 17.1. The van der Waals surface area contributed by atoms with Crippen molar-refractivity contribution in [1.29, 1.82) is 0 Å². The molecule has 0 bridgehead atoms. The van der Waals surface area contributed by atoms with E-state index in [1.54, 1.807) is 18.3 Å². The lowest BCUT2D eigenvalue weighted by Gasteiger charge is -2.19. The Kier molecular flexibility index (Phi) is 3.86. The summed E-state index contributed by atoms with van der Waals surface area (Å²) in [5.74, 6) is 0.591. The van der Waals surface area contributed by atoms with Crippen LogP contribution in [0.25, 0.3) is 11.0 Å². The topological polar surface area (TPSA) is 125 Å². The third kappa shape index (κ3) is 2.61. The number of aromatic amines is 1. The Labute approximate surface area is 150 Å². The van der Waals surface area contributed by atoms with Crippen molar-refractivity contribution in [2.24, 2.45) is 0 Å². The normalized spacial score (nSPS) is 21.8. The van der Waals surface area contributed by atoms with Crippen molar-refractivity contribution < 1.29 is 18.0 Å². The lowest BCUT2D eigenvalue weighted by atomic mass is 10.0. The zero-order valence-electron chi connectivity index (χ0n) is 14.4. The molecule has 138 valence electrons. The predicted octanol–water partition coefficient (Wildman–Crippen LogP) is 1.35. The molecule has 2 N–H and O–H groups in total. The molecule has 1 fully saturated rings. The van der Waals surface area contributed by atoms with Gasteiger partial charge in [0.25, 0.3) is 5.89 Å². The van der Waals surface area contributed by atoms with Crippen LogP contribution in [0.15, 0.2) is 33.9 Å². The maximum Gasteiger partial charge on any atom is 0.260 e. The van der Waals surface area contributed by atoms with Gasteiger partial charge in [0.2, 0.25) is 10.0 Å². The number of aromatic nitrogens is 4. The molecule has 0 saturated carbocycles. The van der Waals surface area contributed by atoms with Crippen LogP contribution in [0.3, 0.4) is 0 Å². The van der Waals surface area contributed by atoms with Crippen molar-refractivity contribution in [3.05, 3.63) is 36.2 Å². The quantitative estimate of drug-likeness (QED) is 0.703. The van der Waals surface area contributed by atoms with Crippen LogP contribution in [-0.2, 0) is 15.6 Å². The summed E-state index contributed by atoms with van der Waals surface area (Å²) in [7, 11) is -3.80. The Morgan fingerprint density at radius 2 is 2.23 bits per heavy atom. The second kappa shape index (κ2) is 5.86. The minimum atomic E-state index is -3.80. The molecule has 1 saturated heterocycles. The van der Waals surface area contributed by atoms with Gasteiger partial charge in [-0.05, 0) is 12.1 Å². The highest BCUT2D eigenvalue weighted by Crippen LogP contribution is 2.35. The van der Waals surface area contributed by atoms with Gasteiger partial charge in [-0.2, -0.15) is 9.29 Å². The van der Waals surface area contributed by atoms with Gasteiger partial charge in [0.1, 0.15) is 10.5 Å². The summed E-state index contributed by atoms with van der Waals surface area (Å²) in [5.41, 5.74) is -0.989. The molecule has 1 aliphatic rings. The number of rotatable bonds is 4. The Morgan fingerprint density at radius 1 is 1.42 bits per heavy atom. The summed E-state index contributed by atoms with van der Waals surface area (Å²) < 4.78 is 32.5. The molecule has 0 spiro atoms. The Balaban J connectivity index is 1.65. The summed E-state index contributed by atoms with van der Waals surface area (Å²) in [6.45, 7) is 3.84. The van der Waals surface area contributed by atoms with E-state index >= 15 is 0 Å². The molecule has 1 atom stereocenters. The number of fused-ring (bicyclic) bond motifs is 1. The summed E-state index contributed by atoms with van der Waals surface area (Å²) in [6.07, 6.45) is 3.20. The second-order valence-corrected chi connectivity index (χ2v) is 8.69. The molecule has 0 aromatic carbocycles. The van der Waals surface area contributed by atoms with Gasteiger partial charge < -0.3 is 14.6 Å². The first-order valence-corrected chi connectivity index (χ1v) is 9.74. The fourth-order valence-electron chi connectivity index (χ4n) is 3.08. The molecule has 1 aliphatic heterocycles. The van der Waals surface area contributed by atoms with Crippen molar-refractivity contribution >= 4 is 21.1 Å². The number of nitrogens with zero attached hydrogens (tertiary/aromatic N) is 4. The molecule has 0 radical (unpaired) electrons. The number of pyridine rings is 1. The van der Waals surface area contributed by atoms with E-state index in [9.17, 15) is 13.5 Å². The fraction of sp³-hybridized carbons (Fsp3) is 0.438. The van der Waals surface area contributed by atoms with Crippen LogP contribution < -0.4 is 0 Å². The smallest absolute Gasteiger partial charge is 0.260 e. The average Bonchev–Trinajstić information content (AvgIpc) is 3.33. The van der Waals surface area contributed by atoms with Gasteiger partial charge in [-0.1, -0.05) is 19.0 Å². The number of hydrogen-bond donors (Lipinski definition) is 2. The van der Waals surface area contributed by atoms with Crippen LogP contribution in [0.2, 0.25) is 0 Å². The number of sulfonamides is 1. The van der Waals surface area contributed by atoms with Crippen molar-refractivity contribution in [1.82, 2.24) is 24.4 Å². The van der Waals surface area contributed by atoms with Crippen LogP contribution in [0.5, 0.6) is 0 Å². The van der Waals surface area contributed by atoms with Gasteiger partial charge in [0.15, 0.2) is 11.4 Å². The number of β-amino-alcohol motifs (C(OH)–C–C–N with tert-alkyl or cyclic N) is 1. The molecule has 0 unspecified atom stereocenters. The van der Waals surface area contributed by atoms with E-state index in [2.05, 4.69) is 20.1 Å². The Hall–Kier alpha value is -2.30. The molecular formula is C16H19N5O4S. The first-order valence-electron chi connectivity index (χ1n) is 8.30. The molecule has 26 heavy (non-hydrogen) atoms. The van der Waals surface area contributed by atoms with Crippen LogP contribution in [0.4, 0.5) is 0 Å². The first-order chi connectivity index (χ1) is 12.3. The maximum atomic E-state index is 13.0. The number of H-pyrrole nitrogens is 1. The van der Waals surface area contributed by atoms with Crippen LogP contribution >= 0.6 is 0 Å². The Morgan fingerprint density at radius 3 is 2.96 bits per heavy atom. The standard InChI is InChI=1S/C16H19N5O4S/c1-10(2)13-19-15(25-20-13)16(22)5-7-21(9-16)26(23,24)12-8-18-14-11(12)4-3-6-17-14/h3-4,6,8,10,22H,5,7,9H2,1-2H3,(H,17,18)/t16-/m1/s1. The van der Waals surface area contributed by atoms with E-state index in [1.807, 2.05) is 13.8 Å². The van der Waals surface area contributed by atoms with Gasteiger partial charge in [0.05, 0.1) is 6.54 Å². The molecule has 4 heterocycles. The molecule has 0 amide bonds. The minimum absolute atomic E-state index is 0.0519. The molecular weight excluding hydrogens is 358 g/mol. The molecule has 9 nitrogen and oxygen atoms in total. The van der Waals surface area contributed by atoms with Crippen LogP contribution in [0, 0.1) is 0 Å². The number of aliphatic hydroxyl groups is 1. The maximum absolute atomic E-state index is 13.0. The monoisotopic (exact) mass is 377 g/mol. The summed E-state index contributed by atoms with van der Waals surface area (Å²) >= 11 is 0. The van der Waals surface area contributed by atoms with Crippen molar-refractivity contribution in [3.63, 3.8) is 0 Å². The fourth-order valence-corrected chi connectivity index (χ4v) is 4.72. The van der Waals surface area contributed by atoms with Crippen LogP contribution in [0.1, 0.15) is 37.9 Å². The summed E-state index contributed by atoms with van der Waals surface area (Å²) in [4.78, 5) is 11.3. The predicted molar refractivity (Wildman–Crippen MR) is 91.8 cm³/mol. The van der Waals surface area contributed by atoms with E-state index in [1.165, 1.54) is 10.5 Å². The third-order valence-corrected chi connectivity index (χ3v) is 6.49. The number of hydrogen-bond acceptors (Lipinski definition) is 7. The van der Waals surface area contributed by atoms with E-state index in [0.29, 0.717) is 16.9 Å². The van der Waals surface area contributed by atoms with Crippen molar-refractivity contribution in [3.8, 4) is 0 Å². The third-order valence-electron chi connectivity index (χ3n) is 4.60. The van der Waals surface area contributed by atoms with Gasteiger partial charge in [-0.25, -0.2) is 13.4 Å². The lowest BCUT2D eigenvalue weighted by molar-refractivity contribution is 0.0194. The van der Waals surface area contributed by atoms with Crippen molar-refractivity contribution in [2.75, 3.05) is 13.1 Å². The molecule has 10 heteroatoms. The minimum Gasteiger partial charge on any atom is -0.379 e. The largest absolute Gasteiger partial charge is 0.379 e. The highest BCUT2D eigenvalue weighted by atomic mass is 32.2. The molecule has 3 aromatic heterocycles. The summed E-state index contributed by atoms with van der Waals surface area (Å²) in [6, 6.07) is 3.38. The molecule has 3 aromatic rings. The molecule has 4 rings (SSSR count). The highest BCUT2D eigenvalue weighted by molar-refractivity contribution is 7.89. The zero-order valence-corrected chi connectivity index (χ0v) is 15.2. The van der Waals surface area contributed by atoms with Gasteiger partial charge in [0, 0.05) is 36.7 Å². The lowest BCUT2D eigenvalue weighted by Crippen LogP contribution is -2.34. The molecule has 0 aliphatic carbocycles. The zero-order chi connectivity index (χ0) is 18.5. The Bertz CT molecular complexity index is 1060. The van der Waals surface area contributed by atoms with Crippen LogP contribution in [-0.4, -0.2) is 51.0 Å². The SMILES string of the molecule is CC(C)c1noc([C@@]2(O)CCN(S(=O)(=O)c3c[nH]c4ncccc34)C2)n1. The highest BCUT2D eigenvalue weighted by Gasteiger charge is 2.47. The van der Waals surface area contributed by atoms with E-state index in [0.717, 1.165) is 0 Å². The average molecular weight is 377 g/mol. The second-order valence-electron chi connectivity index (χ2n) is 6.79. The van der Waals surface area contributed by atoms with E-state index in [-0.39, 0.29) is 36.2 Å². The van der Waals surface area contributed by atoms with E-state index < -0.39 is 15.6 Å². The van der Waals surface area contributed by atoms with Gasteiger partial charge >= 0.3 is 0 Å². The van der Waals surface area contributed by atoms with Gasteiger partial charge in [-0.15, -0.1) is 0 Å². The van der Waals surface area contributed by atoms with Crippen molar-refractivity contribution in [2.45, 2.75) is 36.7 Å². The number of nitrogens with one attached hydrogen (secondary N) is 1. The summed E-state index contributed by atoms with van der Waals surface area (Å²) in [5, 5.41) is 15.3. The van der Waals surface area contributed by atoms with Gasteiger partial charge in [-0.3, -0.25) is 0 Å².